The summed E-state index contributed by atoms with van der Waals surface area (Å²) in [4.78, 5) is 23.5. The molecule has 2 atom stereocenters. The van der Waals surface area contributed by atoms with Crippen LogP contribution in [0.4, 0.5) is 13.6 Å². The van der Waals surface area contributed by atoms with Gasteiger partial charge in [0.1, 0.15) is 17.2 Å². The van der Waals surface area contributed by atoms with E-state index in [9.17, 15) is 18.4 Å². The number of rotatable bonds is 2. The van der Waals surface area contributed by atoms with E-state index in [0.29, 0.717) is 5.92 Å². The topological polar surface area (TPSA) is 58.2 Å². The standard InChI is InChI=1S/C15H18F2N2O2/c1-9-5-2-3-8-12(9)18-15(21)19-14(20)13-10(16)6-4-7-11(13)17/h4,6-7,9,12H,2-3,5,8H2,1H3,(H2,18,19,20,21). The van der Waals surface area contributed by atoms with Gasteiger partial charge < -0.3 is 5.32 Å². The van der Waals surface area contributed by atoms with Crippen LogP contribution in [0.3, 0.4) is 0 Å². The van der Waals surface area contributed by atoms with Crippen LogP contribution < -0.4 is 10.6 Å². The van der Waals surface area contributed by atoms with Gasteiger partial charge in [-0.3, -0.25) is 10.1 Å². The molecule has 1 aromatic rings. The molecule has 0 radical (unpaired) electrons. The molecule has 6 heteroatoms. The monoisotopic (exact) mass is 296 g/mol. The molecule has 114 valence electrons. The molecule has 0 spiro atoms. The van der Waals surface area contributed by atoms with Crippen LogP contribution in [0.1, 0.15) is 43.0 Å². The Hall–Kier alpha value is -1.98. The molecule has 3 amide bonds. The van der Waals surface area contributed by atoms with Crippen molar-refractivity contribution in [2.45, 2.75) is 38.6 Å². The lowest BCUT2D eigenvalue weighted by atomic mass is 9.86. The first kappa shape index (κ1) is 15.4. The van der Waals surface area contributed by atoms with E-state index in [-0.39, 0.29) is 6.04 Å². The minimum Gasteiger partial charge on any atom is -0.335 e. The Labute approximate surface area is 121 Å². The van der Waals surface area contributed by atoms with Crippen molar-refractivity contribution in [3.8, 4) is 0 Å². The van der Waals surface area contributed by atoms with Crippen molar-refractivity contribution in [3.05, 3.63) is 35.4 Å². The zero-order chi connectivity index (χ0) is 15.4. The molecule has 1 saturated carbocycles. The summed E-state index contributed by atoms with van der Waals surface area (Å²) in [6, 6.07) is 2.36. The van der Waals surface area contributed by atoms with Gasteiger partial charge >= 0.3 is 6.03 Å². The number of imide groups is 1. The second-order valence-electron chi connectivity index (χ2n) is 5.39. The van der Waals surface area contributed by atoms with Crippen LogP contribution >= 0.6 is 0 Å². The quantitative estimate of drug-likeness (QED) is 0.881. The van der Waals surface area contributed by atoms with Gasteiger partial charge in [-0.15, -0.1) is 0 Å². The molecule has 4 nitrogen and oxygen atoms in total. The predicted octanol–water partition coefficient (Wildman–Crippen LogP) is 2.98. The second kappa shape index (κ2) is 6.65. The van der Waals surface area contributed by atoms with Crippen LogP contribution in [0.5, 0.6) is 0 Å². The van der Waals surface area contributed by atoms with Crippen molar-refractivity contribution < 1.29 is 18.4 Å². The smallest absolute Gasteiger partial charge is 0.321 e. The van der Waals surface area contributed by atoms with Gasteiger partial charge in [0.15, 0.2) is 0 Å². The van der Waals surface area contributed by atoms with Gasteiger partial charge in [0.25, 0.3) is 5.91 Å². The van der Waals surface area contributed by atoms with Crippen molar-refractivity contribution in [3.63, 3.8) is 0 Å². The number of amides is 3. The normalized spacial score (nSPS) is 21.7. The third-order valence-electron chi connectivity index (χ3n) is 3.84. The number of urea groups is 1. The summed E-state index contributed by atoms with van der Waals surface area (Å²) >= 11 is 0. The molecule has 1 aliphatic carbocycles. The number of carbonyl (C=O) groups excluding carboxylic acids is 2. The molecule has 0 bridgehead atoms. The van der Waals surface area contributed by atoms with Gasteiger partial charge in [-0.2, -0.15) is 0 Å². The van der Waals surface area contributed by atoms with Crippen LogP contribution in [0.2, 0.25) is 0 Å². The maximum absolute atomic E-state index is 13.4. The number of halogens is 2. The molecule has 1 aromatic carbocycles. The Morgan fingerprint density at radius 1 is 1.14 bits per heavy atom. The predicted molar refractivity (Wildman–Crippen MR) is 73.8 cm³/mol. The maximum atomic E-state index is 13.4. The lowest BCUT2D eigenvalue weighted by Crippen LogP contribution is -2.48. The summed E-state index contributed by atoms with van der Waals surface area (Å²) in [7, 11) is 0. The highest BCUT2D eigenvalue weighted by molar-refractivity contribution is 6.04. The zero-order valence-electron chi connectivity index (χ0n) is 11.8. The van der Waals surface area contributed by atoms with Gasteiger partial charge in [-0.25, -0.2) is 13.6 Å². The molecule has 0 aromatic heterocycles. The first-order valence-corrected chi connectivity index (χ1v) is 7.05. The van der Waals surface area contributed by atoms with E-state index < -0.39 is 29.1 Å². The summed E-state index contributed by atoms with van der Waals surface area (Å²) in [6.07, 6.45) is 4.00. The molecule has 2 unspecified atom stereocenters. The largest absolute Gasteiger partial charge is 0.335 e. The first-order valence-electron chi connectivity index (χ1n) is 7.05. The summed E-state index contributed by atoms with van der Waals surface area (Å²) in [5.74, 6) is -2.74. The average Bonchev–Trinajstić information content (AvgIpc) is 2.41. The maximum Gasteiger partial charge on any atom is 0.321 e. The van der Waals surface area contributed by atoms with Gasteiger partial charge in [-0.1, -0.05) is 25.8 Å². The molecule has 1 aliphatic rings. The number of hydrogen-bond acceptors (Lipinski definition) is 2. The van der Waals surface area contributed by atoms with Gasteiger partial charge in [0, 0.05) is 6.04 Å². The van der Waals surface area contributed by atoms with Crippen LogP contribution in [0, 0.1) is 17.6 Å². The highest BCUT2D eigenvalue weighted by Gasteiger charge is 2.24. The van der Waals surface area contributed by atoms with Crippen molar-refractivity contribution in [2.24, 2.45) is 5.92 Å². The lowest BCUT2D eigenvalue weighted by molar-refractivity contribution is 0.0953. The van der Waals surface area contributed by atoms with E-state index in [1.165, 1.54) is 0 Å². The Morgan fingerprint density at radius 2 is 1.76 bits per heavy atom. The Morgan fingerprint density at radius 3 is 2.38 bits per heavy atom. The van der Waals surface area contributed by atoms with E-state index in [0.717, 1.165) is 43.9 Å². The van der Waals surface area contributed by atoms with Gasteiger partial charge in [0.2, 0.25) is 0 Å². The van der Waals surface area contributed by atoms with E-state index in [1.54, 1.807) is 0 Å². The van der Waals surface area contributed by atoms with Gasteiger partial charge in [-0.05, 0) is 30.9 Å². The molecular weight excluding hydrogens is 278 g/mol. The summed E-state index contributed by atoms with van der Waals surface area (Å²) in [6.45, 7) is 2.03. The van der Waals surface area contributed by atoms with Crippen LogP contribution in [-0.2, 0) is 0 Å². The van der Waals surface area contributed by atoms with Crippen molar-refractivity contribution in [1.29, 1.82) is 0 Å². The number of carbonyl (C=O) groups is 2. The zero-order valence-corrected chi connectivity index (χ0v) is 11.8. The highest BCUT2D eigenvalue weighted by Crippen LogP contribution is 2.23. The lowest BCUT2D eigenvalue weighted by Gasteiger charge is -2.29. The summed E-state index contributed by atoms with van der Waals surface area (Å²) in [5.41, 5.74) is -0.746. The first-order chi connectivity index (χ1) is 9.99. The van der Waals surface area contributed by atoms with E-state index in [2.05, 4.69) is 5.32 Å². The SMILES string of the molecule is CC1CCCCC1NC(=O)NC(=O)c1c(F)cccc1F. The fourth-order valence-corrected chi connectivity index (χ4v) is 2.62. The number of nitrogens with one attached hydrogen (secondary N) is 2. The third kappa shape index (κ3) is 3.77. The molecule has 21 heavy (non-hydrogen) atoms. The summed E-state index contributed by atoms with van der Waals surface area (Å²) < 4.78 is 26.9. The van der Waals surface area contributed by atoms with Crippen LogP contribution in [0.25, 0.3) is 0 Å². The van der Waals surface area contributed by atoms with Crippen LogP contribution in [0.15, 0.2) is 18.2 Å². The molecule has 0 aliphatic heterocycles. The Balaban J connectivity index is 1.97. The van der Waals surface area contributed by atoms with E-state index in [1.807, 2.05) is 12.2 Å². The minimum atomic E-state index is -1.08. The Bertz CT molecular complexity index is 528. The molecule has 2 rings (SSSR count). The summed E-state index contributed by atoms with van der Waals surface area (Å²) in [5, 5.41) is 4.67. The molecule has 1 fully saturated rings. The van der Waals surface area contributed by atoms with Gasteiger partial charge in [0.05, 0.1) is 0 Å². The van der Waals surface area contributed by atoms with E-state index >= 15 is 0 Å². The minimum absolute atomic E-state index is 0.0167. The van der Waals surface area contributed by atoms with Crippen molar-refractivity contribution in [2.75, 3.05) is 0 Å². The van der Waals surface area contributed by atoms with Crippen molar-refractivity contribution in [1.82, 2.24) is 10.6 Å². The molecule has 0 heterocycles. The molecule has 2 N–H and O–H groups in total. The average molecular weight is 296 g/mol. The second-order valence-corrected chi connectivity index (χ2v) is 5.39. The third-order valence-corrected chi connectivity index (χ3v) is 3.84. The fraction of sp³-hybridized carbons (Fsp3) is 0.467. The fourth-order valence-electron chi connectivity index (χ4n) is 2.62. The number of benzene rings is 1. The van der Waals surface area contributed by atoms with E-state index in [4.69, 9.17) is 0 Å². The van der Waals surface area contributed by atoms with Crippen molar-refractivity contribution >= 4 is 11.9 Å². The number of hydrogen-bond donors (Lipinski definition) is 2. The highest BCUT2D eigenvalue weighted by atomic mass is 19.1. The van der Waals surface area contributed by atoms with Crippen LogP contribution in [-0.4, -0.2) is 18.0 Å². The Kier molecular flexibility index (Phi) is 4.88. The molecule has 0 saturated heterocycles. The molecular formula is C15H18F2N2O2.